The quantitative estimate of drug-likeness (QED) is 0.0377. The lowest BCUT2D eigenvalue weighted by Gasteiger charge is -2.49. The van der Waals surface area contributed by atoms with Gasteiger partial charge in [-0.1, -0.05) is 170 Å². The molecule has 0 amide bonds. The van der Waals surface area contributed by atoms with Crippen molar-refractivity contribution in [2.45, 2.75) is 242 Å². The van der Waals surface area contributed by atoms with E-state index in [9.17, 15) is 4.79 Å². The van der Waals surface area contributed by atoms with Crippen LogP contribution in [0.4, 0.5) is 0 Å². The molecule has 9 rings (SSSR count). The van der Waals surface area contributed by atoms with E-state index in [1.165, 1.54) is 0 Å². The molecular weight excluding hydrogens is 1210 g/mol. The fourth-order valence-corrected chi connectivity index (χ4v) is 20.2. The van der Waals surface area contributed by atoms with Gasteiger partial charge in [-0.2, -0.15) is 0 Å². The smallest absolute Gasteiger partial charge is 0.330 e. The van der Waals surface area contributed by atoms with Crippen LogP contribution < -0.4 is 10.4 Å². The second kappa shape index (κ2) is 31.2. The van der Waals surface area contributed by atoms with Crippen LogP contribution in [0.1, 0.15) is 163 Å². The normalized spacial score (nSPS) is 30.4. The molecule has 15 atom stereocenters. The number of aromatic nitrogens is 2. The number of benzene rings is 2. The molecule has 5 aliphatic rings. The fraction of sp³-hybridized carbons (Fsp3) is 0.566. The lowest BCUT2D eigenvalue weighted by atomic mass is 9.79. The Bertz CT molecular complexity index is 3220. The van der Waals surface area contributed by atoms with E-state index in [4.69, 9.17) is 65.5 Å². The average Bonchev–Trinajstić information content (AvgIpc) is 1.24. The van der Waals surface area contributed by atoms with E-state index >= 15 is 0 Å². The highest BCUT2D eigenvalue weighted by molar-refractivity contribution is 6.99. The van der Waals surface area contributed by atoms with E-state index in [-0.39, 0.29) is 77.2 Å². The second-order valence-corrected chi connectivity index (χ2v) is 38.2. The third kappa shape index (κ3) is 17.8. The second-order valence-electron chi connectivity index (χ2n) is 29.2. The van der Waals surface area contributed by atoms with Crippen molar-refractivity contribution in [1.82, 2.24) is 9.97 Å². The first kappa shape index (κ1) is 71.9. The van der Waals surface area contributed by atoms with Gasteiger partial charge >= 0.3 is 5.97 Å². The number of esters is 1. The van der Waals surface area contributed by atoms with Crippen molar-refractivity contribution >= 4 is 45.1 Å². The SMILES string of the molecule is C=CC[C@@H](/C=C/C(C)=C/[C@@H](O[Si](c1ccccc1)(c1ccccc1)C(C)(C)C)[C@H]1C[C@@H](OC)C[C@](Cc2ncc(/C=C(\C)[C@@H]3O[C@@H]4C/C=C\c5nc(co5)[C@H]5C[C@H](O[Si](C)(C)C(C)(C)C)C[C@@H](C[C@H]6CC(=C)C[C@H](C/C=C\C(=O)O[C@@H]([C@H]4C)[C@H]3C)O6)O5)o2)(OC)O1)OC. The minimum Gasteiger partial charge on any atom is -0.458 e. The van der Waals surface area contributed by atoms with Crippen LogP contribution in [0, 0.1) is 11.8 Å². The molecule has 4 fully saturated rings. The van der Waals surface area contributed by atoms with E-state index in [1.807, 2.05) is 37.3 Å². The van der Waals surface area contributed by atoms with Crippen LogP contribution in [-0.2, 0) is 58.0 Å². The van der Waals surface area contributed by atoms with Crippen molar-refractivity contribution < 1.29 is 60.4 Å². The van der Waals surface area contributed by atoms with Crippen LogP contribution in [0.25, 0.3) is 12.2 Å². The van der Waals surface area contributed by atoms with Crippen molar-refractivity contribution in [1.29, 1.82) is 0 Å². The Labute approximate surface area is 556 Å². The largest absolute Gasteiger partial charge is 0.458 e. The molecule has 93 heavy (non-hydrogen) atoms. The van der Waals surface area contributed by atoms with Gasteiger partial charge in [-0.3, -0.25) is 0 Å². The number of fused-ring (bicyclic) bond motifs is 9. The summed E-state index contributed by atoms with van der Waals surface area (Å²) >= 11 is 0. The van der Waals surface area contributed by atoms with Gasteiger partial charge < -0.3 is 55.6 Å². The van der Waals surface area contributed by atoms with Gasteiger partial charge in [-0.15, -0.1) is 6.58 Å². The predicted molar refractivity (Wildman–Crippen MR) is 371 cm³/mol. The number of oxazole rings is 2. The average molecular weight is 1310 g/mol. The molecule has 0 unspecified atom stereocenters. The van der Waals surface area contributed by atoms with E-state index in [0.717, 1.165) is 45.6 Å². The van der Waals surface area contributed by atoms with Crippen molar-refractivity contribution in [3.63, 3.8) is 0 Å². The zero-order valence-corrected chi connectivity index (χ0v) is 60.1. The Morgan fingerprint density at radius 2 is 1.53 bits per heavy atom. The van der Waals surface area contributed by atoms with Crippen LogP contribution in [0.2, 0.25) is 23.2 Å². The van der Waals surface area contributed by atoms with Gasteiger partial charge in [0.05, 0.1) is 73.7 Å². The highest BCUT2D eigenvalue weighted by Gasteiger charge is 2.55. The fourth-order valence-electron chi connectivity index (χ4n) is 14.2. The molecule has 2 aromatic heterocycles. The van der Waals surface area contributed by atoms with Crippen LogP contribution in [0.15, 0.2) is 154 Å². The Morgan fingerprint density at radius 3 is 2.18 bits per heavy atom. The van der Waals surface area contributed by atoms with E-state index in [0.29, 0.717) is 68.9 Å². The molecule has 8 bridgehead atoms. The molecule has 0 saturated carbocycles. The summed E-state index contributed by atoms with van der Waals surface area (Å²) in [6, 6.07) is 21.3. The van der Waals surface area contributed by atoms with Gasteiger partial charge in [0.25, 0.3) is 8.32 Å². The van der Waals surface area contributed by atoms with Crippen LogP contribution >= 0.6 is 0 Å². The van der Waals surface area contributed by atoms with Gasteiger partial charge in [0, 0.05) is 64.9 Å². The molecule has 506 valence electrons. The molecule has 4 saturated heterocycles. The molecule has 17 heteroatoms. The maximum Gasteiger partial charge on any atom is 0.330 e. The highest BCUT2D eigenvalue weighted by atomic mass is 28.4. The van der Waals surface area contributed by atoms with Gasteiger partial charge in [0.15, 0.2) is 20.0 Å². The minimum atomic E-state index is -3.16. The van der Waals surface area contributed by atoms with Crippen molar-refractivity contribution in [3.05, 3.63) is 169 Å². The maximum absolute atomic E-state index is 14.0. The molecule has 2 aromatic carbocycles. The van der Waals surface area contributed by atoms with Crippen molar-refractivity contribution in [3.8, 4) is 0 Å². The van der Waals surface area contributed by atoms with E-state index < -0.39 is 52.8 Å². The number of carbonyl (C=O) groups is 1. The van der Waals surface area contributed by atoms with Gasteiger partial charge in [0.2, 0.25) is 5.89 Å². The summed E-state index contributed by atoms with van der Waals surface area (Å²) in [5.41, 5.74) is 3.74. The monoisotopic (exact) mass is 1310 g/mol. The number of hydrogen-bond acceptors (Lipinski definition) is 15. The van der Waals surface area contributed by atoms with E-state index in [2.05, 4.69) is 167 Å². The zero-order valence-electron chi connectivity index (χ0n) is 58.1. The summed E-state index contributed by atoms with van der Waals surface area (Å²) in [7, 11) is -0.159. The zero-order chi connectivity index (χ0) is 66.9. The number of carbonyl (C=O) groups excluding carboxylic acids is 1. The Balaban J connectivity index is 0.985. The minimum absolute atomic E-state index is 0.0101. The summed E-state index contributed by atoms with van der Waals surface area (Å²) in [5, 5.41) is 2.02. The maximum atomic E-state index is 14.0. The topological polar surface area (TPSA) is 161 Å². The lowest BCUT2D eigenvalue weighted by molar-refractivity contribution is -0.297. The molecule has 5 aliphatic heterocycles. The molecular formula is C76H106N2O13Si2. The van der Waals surface area contributed by atoms with Crippen LogP contribution in [0.3, 0.4) is 0 Å². The molecule has 0 aliphatic carbocycles. The molecule has 15 nitrogen and oxygen atoms in total. The molecule has 4 aromatic rings. The first-order valence-electron chi connectivity index (χ1n) is 33.7. The summed E-state index contributed by atoms with van der Waals surface area (Å²) in [4.78, 5) is 23.8. The molecule has 7 heterocycles. The lowest BCUT2D eigenvalue weighted by Crippen LogP contribution is -2.69. The van der Waals surface area contributed by atoms with Crippen LogP contribution in [0.5, 0.6) is 0 Å². The van der Waals surface area contributed by atoms with Crippen LogP contribution in [-0.4, -0.2) is 127 Å². The molecule has 0 N–H and O–H groups in total. The predicted octanol–water partition coefficient (Wildman–Crippen LogP) is 15.3. The number of rotatable bonds is 19. The number of methoxy groups -OCH3 is 3. The van der Waals surface area contributed by atoms with Gasteiger partial charge in [-0.25, -0.2) is 14.8 Å². The van der Waals surface area contributed by atoms with E-state index in [1.54, 1.807) is 39.9 Å². The van der Waals surface area contributed by atoms with Crippen molar-refractivity contribution in [2.24, 2.45) is 11.8 Å². The third-order valence-corrected chi connectivity index (χ3v) is 29.7. The summed E-state index contributed by atoms with van der Waals surface area (Å²) in [5.74, 6) is -0.621. The first-order valence-corrected chi connectivity index (χ1v) is 38.5. The Morgan fingerprint density at radius 1 is 0.828 bits per heavy atom. The van der Waals surface area contributed by atoms with Gasteiger partial charge in [-0.05, 0) is 104 Å². The number of hydrogen-bond donors (Lipinski definition) is 0. The number of nitrogens with zero attached hydrogens (tertiary/aromatic N) is 2. The third-order valence-electron chi connectivity index (χ3n) is 20.1. The van der Waals surface area contributed by atoms with Gasteiger partial charge in [0.1, 0.15) is 29.9 Å². The number of allylic oxidation sites excluding steroid dienone is 2. The molecule has 0 spiro atoms. The summed E-state index contributed by atoms with van der Waals surface area (Å²) in [6.07, 6.45) is 23.9. The summed E-state index contributed by atoms with van der Waals surface area (Å²) in [6.45, 7) is 34.9. The Hall–Kier alpha value is -5.42. The standard InChI is InChI=1S/C76H106N2O13Si2/c1-18-27-55(80-13)37-36-50(2)40-68(91-93(75(10,11)12,62-29-21-19-22-30-62)63-31-23-20-24-32-63)67-45-60(81-14)46-76(82-15,89-67)47-70-77-48-61(86-70)41-52(4)72-54(6)73-53(5)65(87-72)33-26-34-69-78-64(49-83-69)66-44-59(90-92(16,17)74(7,8)9)43-58(85-66)42-57-39-51(3)38-56(84-57)28-25-35-71(79)88-73/h18-26,29-32,34-37,40-41,48-49,53-60,65-68,72-73H,1,3,27-28,33,38-39,42-47H2,2,4-17H3/b34-26-,35-25-,37-36+,50-40+,52-41+/t53-,54-,55-,56-,57+,58+,59+,60+,65+,66+,67+,68+,72-,73-,76-/m0/s1. The summed E-state index contributed by atoms with van der Waals surface area (Å²) < 4.78 is 81.0. The van der Waals surface area contributed by atoms with Crippen molar-refractivity contribution in [2.75, 3.05) is 21.3 Å². The highest BCUT2D eigenvalue weighted by Crippen LogP contribution is 2.45. The molecule has 0 radical (unpaired) electrons. The Kier molecular flexibility index (Phi) is 24.1. The number of ether oxygens (including phenoxy) is 8. The first-order chi connectivity index (χ1) is 44.2.